The normalized spacial score (nSPS) is 18.0. The molecule has 2 aromatic rings. The molecule has 1 aromatic carbocycles. The number of hydrogen-bond acceptors (Lipinski definition) is 5. The van der Waals surface area contributed by atoms with E-state index in [1.807, 2.05) is 0 Å². The van der Waals surface area contributed by atoms with Crippen LogP contribution in [-0.4, -0.2) is 45.1 Å². The lowest BCUT2D eigenvalue weighted by molar-refractivity contribution is -0.143. The van der Waals surface area contributed by atoms with Gasteiger partial charge in [-0.05, 0) is 31.9 Å². The summed E-state index contributed by atoms with van der Waals surface area (Å²) in [6.45, 7) is 2.49. The first-order chi connectivity index (χ1) is 11.1. The fraction of sp³-hybridized carbons (Fsp3) is 0.375. The van der Waals surface area contributed by atoms with Gasteiger partial charge in [0.2, 0.25) is 0 Å². The average molecular weight is 315 g/mol. The molecule has 1 aliphatic rings. The summed E-state index contributed by atoms with van der Waals surface area (Å²) in [5.74, 6) is -0.791. The van der Waals surface area contributed by atoms with Gasteiger partial charge in [0.15, 0.2) is 5.82 Å². The van der Waals surface area contributed by atoms with Crippen LogP contribution < -0.4 is 0 Å². The highest BCUT2D eigenvalue weighted by Crippen LogP contribution is 2.25. The number of benzene rings is 1. The van der Waals surface area contributed by atoms with Gasteiger partial charge in [-0.15, -0.1) is 0 Å². The summed E-state index contributed by atoms with van der Waals surface area (Å²) in [6.07, 6.45) is 1.29. The number of aryl methyl sites for hydroxylation is 1. The SMILES string of the molecule is Cc1noc(-c2ccccc2C(=O)N2CCC[C@H](C(=O)O)C2)n1. The van der Waals surface area contributed by atoms with Gasteiger partial charge in [-0.25, -0.2) is 0 Å². The van der Waals surface area contributed by atoms with Gasteiger partial charge < -0.3 is 14.5 Å². The predicted molar refractivity (Wildman–Crippen MR) is 80.7 cm³/mol. The number of nitrogens with zero attached hydrogens (tertiary/aromatic N) is 3. The number of hydrogen-bond donors (Lipinski definition) is 1. The van der Waals surface area contributed by atoms with Crippen molar-refractivity contribution in [3.63, 3.8) is 0 Å². The Labute approximate surface area is 132 Å². The molecule has 3 rings (SSSR count). The number of piperidine rings is 1. The van der Waals surface area contributed by atoms with Crippen molar-refractivity contribution in [1.82, 2.24) is 15.0 Å². The summed E-state index contributed by atoms with van der Waals surface area (Å²) in [6, 6.07) is 7.00. The highest BCUT2D eigenvalue weighted by Gasteiger charge is 2.30. The molecule has 1 aromatic heterocycles. The van der Waals surface area contributed by atoms with Crippen LogP contribution >= 0.6 is 0 Å². The summed E-state index contributed by atoms with van der Waals surface area (Å²) in [5, 5.41) is 12.9. The third-order valence-corrected chi connectivity index (χ3v) is 3.97. The Morgan fingerprint density at radius 2 is 2.13 bits per heavy atom. The van der Waals surface area contributed by atoms with E-state index in [0.29, 0.717) is 42.2 Å². The van der Waals surface area contributed by atoms with E-state index in [9.17, 15) is 14.7 Å². The maximum atomic E-state index is 12.8. The zero-order chi connectivity index (χ0) is 16.4. The van der Waals surface area contributed by atoms with E-state index in [0.717, 1.165) is 0 Å². The van der Waals surface area contributed by atoms with Crippen molar-refractivity contribution in [2.24, 2.45) is 5.92 Å². The largest absolute Gasteiger partial charge is 0.481 e. The van der Waals surface area contributed by atoms with Gasteiger partial charge in [-0.2, -0.15) is 4.98 Å². The van der Waals surface area contributed by atoms with Crippen LogP contribution in [0.3, 0.4) is 0 Å². The van der Waals surface area contributed by atoms with Gasteiger partial charge in [0.25, 0.3) is 11.8 Å². The number of carbonyl (C=O) groups is 2. The third-order valence-electron chi connectivity index (χ3n) is 3.97. The molecular weight excluding hydrogens is 298 g/mol. The fourth-order valence-corrected chi connectivity index (χ4v) is 2.80. The van der Waals surface area contributed by atoms with E-state index in [1.165, 1.54) is 0 Å². The van der Waals surface area contributed by atoms with E-state index in [2.05, 4.69) is 10.1 Å². The molecule has 7 heteroatoms. The van der Waals surface area contributed by atoms with Crippen LogP contribution in [0.4, 0.5) is 0 Å². The van der Waals surface area contributed by atoms with E-state index in [4.69, 9.17) is 4.52 Å². The number of likely N-dealkylation sites (tertiary alicyclic amines) is 1. The Kier molecular flexibility index (Phi) is 4.10. The van der Waals surface area contributed by atoms with Crippen LogP contribution in [0.5, 0.6) is 0 Å². The molecule has 23 heavy (non-hydrogen) atoms. The standard InChI is InChI=1S/C16H17N3O4/c1-10-17-14(23-18-10)12-6-2-3-7-13(12)15(20)19-8-4-5-11(9-19)16(21)22/h2-3,6-7,11H,4-5,8-9H2,1H3,(H,21,22)/t11-/m0/s1. The quantitative estimate of drug-likeness (QED) is 0.930. The number of aliphatic carboxylic acids is 1. The number of carboxylic acid groups (broad SMARTS) is 1. The van der Waals surface area contributed by atoms with E-state index in [1.54, 1.807) is 36.1 Å². The molecule has 1 saturated heterocycles. The monoisotopic (exact) mass is 315 g/mol. The zero-order valence-electron chi connectivity index (χ0n) is 12.7. The minimum Gasteiger partial charge on any atom is -0.481 e. The summed E-state index contributed by atoms with van der Waals surface area (Å²) in [4.78, 5) is 29.7. The van der Waals surface area contributed by atoms with Gasteiger partial charge in [-0.1, -0.05) is 17.3 Å². The highest BCUT2D eigenvalue weighted by atomic mass is 16.5. The van der Waals surface area contributed by atoms with Gasteiger partial charge in [0, 0.05) is 13.1 Å². The van der Waals surface area contributed by atoms with E-state index >= 15 is 0 Å². The zero-order valence-corrected chi connectivity index (χ0v) is 12.7. The molecule has 1 fully saturated rings. The number of rotatable bonds is 3. The number of aromatic nitrogens is 2. The van der Waals surface area contributed by atoms with Crippen LogP contribution in [0.25, 0.3) is 11.5 Å². The second-order valence-electron chi connectivity index (χ2n) is 5.62. The molecule has 1 N–H and O–H groups in total. The van der Waals surface area contributed by atoms with E-state index in [-0.39, 0.29) is 12.5 Å². The van der Waals surface area contributed by atoms with Crippen LogP contribution in [0.1, 0.15) is 29.0 Å². The molecule has 0 saturated carbocycles. The topological polar surface area (TPSA) is 96.5 Å². The maximum absolute atomic E-state index is 12.8. The number of carbonyl (C=O) groups excluding carboxylic acids is 1. The van der Waals surface area contributed by atoms with Gasteiger partial charge in [-0.3, -0.25) is 9.59 Å². The summed E-state index contributed by atoms with van der Waals surface area (Å²) >= 11 is 0. The molecule has 0 bridgehead atoms. The van der Waals surface area contributed by atoms with Crippen molar-refractivity contribution in [2.75, 3.05) is 13.1 Å². The lowest BCUT2D eigenvalue weighted by atomic mass is 9.97. The van der Waals surface area contributed by atoms with Crippen molar-refractivity contribution >= 4 is 11.9 Å². The van der Waals surface area contributed by atoms with Crippen LogP contribution in [0.2, 0.25) is 0 Å². The lowest BCUT2D eigenvalue weighted by Gasteiger charge is -2.31. The molecule has 1 aliphatic heterocycles. The smallest absolute Gasteiger partial charge is 0.308 e. The molecule has 120 valence electrons. The fourth-order valence-electron chi connectivity index (χ4n) is 2.80. The summed E-state index contributed by atoms with van der Waals surface area (Å²) < 4.78 is 5.16. The predicted octanol–water partition coefficient (Wildman–Crippen LogP) is 1.98. The van der Waals surface area contributed by atoms with Crippen LogP contribution in [0, 0.1) is 12.8 Å². The molecule has 0 unspecified atom stereocenters. The Morgan fingerprint density at radius 3 is 2.83 bits per heavy atom. The van der Waals surface area contributed by atoms with E-state index < -0.39 is 11.9 Å². The lowest BCUT2D eigenvalue weighted by Crippen LogP contribution is -2.42. The summed E-state index contributed by atoms with van der Waals surface area (Å²) in [7, 11) is 0. The second kappa shape index (κ2) is 6.20. The first kappa shape index (κ1) is 15.2. The van der Waals surface area contributed by atoms with Crippen molar-refractivity contribution in [2.45, 2.75) is 19.8 Å². The van der Waals surface area contributed by atoms with Crippen molar-refractivity contribution in [1.29, 1.82) is 0 Å². The van der Waals surface area contributed by atoms with Gasteiger partial charge in [0.05, 0.1) is 17.0 Å². The molecule has 1 atom stereocenters. The number of amides is 1. The second-order valence-corrected chi connectivity index (χ2v) is 5.62. The molecule has 2 heterocycles. The van der Waals surface area contributed by atoms with Crippen LogP contribution in [0.15, 0.2) is 28.8 Å². The minimum atomic E-state index is -0.858. The Morgan fingerprint density at radius 1 is 1.35 bits per heavy atom. The minimum absolute atomic E-state index is 0.206. The average Bonchev–Trinajstić information content (AvgIpc) is 3.00. The Balaban J connectivity index is 1.89. The molecule has 0 aliphatic carbocycles. The first-order valence-corrected chi connectivity index (χ1v) is 7.48. The molecule has 0 radical (unpaired) electrons. The van der Waals surface area contributed by atoms with Crippen molar-refractivity contribution in [3.8, 4) is 11.5 Å². The third kappa shape index (κ3) is 3.08. The van der Waals surface area contributed by atoms with Crippen molar-refractivity contribution < 1.29 is 19.2 Å². The molecule has 0 spiro atoms. The Hall–Kier alpha value is -2.70. The van der Waals surface area contributed by atoms with Gasteiger partial charge >= 0.3 is 5.97 Å². The van der Waals surface area contributed by atoms with Crippen LogP contribution in [-0.2, 0) is 4.79 Å². The summed E-state index contributed by atoms with van der Waals surface area (Å²) in [5.41, 5.74) is 1.01. The maximum Gasteiger partial charge on any atom is 0.308 e. The molecule has 7 nitrogen and oxygen atoms in total. The molecular formula is C16H17N3O4. The highest BCUT2D eigenvalue weighted by molar-refractivity contribution is 6.00. The Bertz CT molecular complexity index is 740. The van der Waals surface area contributed by atoms with Gasteiger partial charge in [0.1, 0.15) is 0 Å². The first-order valence-electron chi connectivity index (χ1n) is 7.48. The van der Waals surface area contributed by atoms with Crippen molar-refractivity contribution in [3.05, 3.63) is 35.7 Å². The molecule has 1 amide bonds. The number of carboxylic acids is 1.